The highest BCUT2D eigenvalue weighted by Gasteiger charge is 2.15. The number of hydrogen-bond acceptors (Lipinski definition) is 6. The molecule has 4 heterocycles. The van der Waals surface area contributed by atoms with E-state index in [4.69, 9.17) is 10.2 Å². The Hall–Kier alpha value is -3.25. The Bertz CT molecular complexity index is 1100. The van der Waals surface area contributed by atoms with Gasteiger partial charge in [-0.25, -0.2) is 9.97 Å². The van der Waals surface area contributed by atoms with Gasteiger partial charge in [-0.05, 0) is 55.3 Å². The lowest BCUT2D eigenvalue weighted by Crippen LogP contribution is -2.18. The predicted octanol–water partition coefficient (Wildman–Crippen LogP) is 4.13. The molecule has 0 amide bonds. The fourth-order valence-electron chi connectivity index (χ4n) is 3.75. The molecule has 1 fully saturated rings. The SMILES string of the molecule is Nc1ncc(-c2cccc(CN3CCCC3)c2)cc1-c1nc2ccncc2o1. The second-order valence-corrected chi connectivity index (χ2v) is 7.20. The van der Waals surface area contributed by atoms with Crippen molar-refractivity contribution in [3.8, 4) is 22.6 Å². The molecule has 28 heavy (non-hydrogen) atoms. The van der Waals surface area contributed by atoms with Crippen LogP contribution in [0, 0.1) is 0 Å². The maximum absolute atomic E-state index is 6.13. The summed E-state index contributed by atoms with van der Waals surface area (Å²) in [5.74, 6) is 0.861. The van der Waals surface area contributed by atoms with Crippen LogP contribution >= 0.6 is 0 Å². The fourth-order valence-corrected chi connectivity index (χ4v) is 3.75. The summed E-state index contributed by atoms with van der Waals surface area (Å²) >= 11 is 0. The van der Waals surface area contributed by atoms with Crippen LogP contribution in [0.1, 0.15) is 18.4 Å². The third-order valence-corrected chi connectivity index (χ3v) is 5.21. The first-order chi connectivity index (χ1) is 13.8. The van der Waals surface area contributed by atoms with Crippen molar-refractivity contribution in [1.82, 2.24) is 19.9 Å². The van der Waals surface area contributed by atoms with Crippen LogP contribution in [-0.2, 0) is 6.54 Å². The molecule has 2 N–H and O–H groups in total. The molecule has 0 spiro atoms. The van der Waals surface area contributed by atoms with Crippen LogP contribution < -0.4 is 5.73 Å². The highest BCUT2D eigenvalue weighted by atomic mass is 16.3. The van der Waals surface area contributed by atoms with Crippen LogP contribution in [0.2, 0.25) is 0 Å². The molecule has 0 bridgehead atoms. The van der Waals surface area contributed by atoms with Crippen LogP contribution in [0.5, 0.6) is 0 Å². The minimum Gasteiger partial charge on any atom is -0.434 e. The van der Waals surface area contributed by atoms with Crippen LogP contribution in [0.3, 0.4) is 0 Å². The van der Waals surface area contributed by atoms with Crippen LogP contribution in [0.15, 0.2) is 59.4 Å². The van der Waals surface area contributed by atoms with Gasteiger partial charge in [-0.1, -0.05) is 18.2 Å². The van der Waals surface area contributed by atoms with Crippen LogP contribution in [0.4, 0.5) is 5.82 Å². The molecule has 5 rings (SSSR count). The van der Waals surface area contributed by atoms with E-state index in [9.17, 15) is 0 Å². The van der Waals surface area contributed by atoms with Crippen molar-refractivity contribution in [3.05, 3.63) is 60.6 Å². The number of nitrogen functional groups attached to an aromatic ring is 1. The van der Waals surface area contributed by atoms with Crippen molar-refractivity contribution in [1.29, 1.82) is 0 Å². The smallest absolute Gasteiger partial charge is 0.231 e. The maximum Gasteiger partial charge on any atom is 0.231 e. The lowest BCUT2D eigenvalue weighted by molar-refractivity contribution is 0.331. The van der Waals surface area contributed by atoms with Gasteiger partial charge in [-0.15, -0.1) is 0 Å². The number of nitrogens with zero attached hydrogens (tertiary/aromatic N) is 4. The first-order valence-electron chi connectivity index (χ1n) is 9.54. The molecule has 1 aromatic carbocycles. The fraction of sp³-hybridized carbons (Fsp3) is 0.227. The van der Waals surface area contributed by atoms with E-state index in [1.165, 1.54) is 31.5 Å². The van der Waals surface area contributed by atoms with Gasteiger partial charge in [-0.3, -0.25) is 9.88 Å². The summed E-state index contributed by atoms with van der Waals surface area (Å²) in [6.07, 6.45) is 7.74. The predicted molar refractivity (Wildman–Crippen MR) is 109 cm³/mol. The van der Waals surface area contributed by atoms with Gasteiger partial charge in [0.2, 0.25) is 5.89 Å². The molecule has 4 aromatic rings. The molecule has 140 valence electrons. The summed E-state index contributed by atoms with van der Waals surface area (Å²) in [7, 11) is 0. The quantitative estimate of drug-likeness (QED) is 0.581. The summed E-state index contributed by atoms with van der Waals surface area (Å²) in [6.45, 7) is 3.36. The number of aromatic nitrogens is 3. The van der Waals surface area contributed by atoms with Gasteiger partial charge in [0.25, 0.3) is 0 Å². The van der Waals surface area contributed by atoms with Crippen LogP contribution in [0.25, 0.3) is 33.7 Å². The van der Waals surface area contributed by atoms with E-state index in [1.807, 2.05) is 12.1 Å². The molecule has 3 aromatic heterocycles. The van der Waals surface area contributed by atoms with E-state index in [1.54, 1.807) is 18.6 Å². The molecule has 6 heteroatoms. The van der Waals surface area contributed by atoms with Gasteiger partial charge in [0, 0.05) is 24.5 Å². The third-order valence-electron chi connectivity index (χ3n) is 5.21. The van der Waals surface area contributed by atoms with E-state index >= 15 is 0 Å². The number of oxazole rings is 1. The molecule has 1 aliphatic heterocycles. The normalized spacial score (nSPS) is 14.7. The van der Waals surface area contributed by atoms with Gasteiger partial charge in [0.1, 0.15) is 11.3 Å². The number of fused-ring (bicyclic) bond motifs is 1. The number of rotatable bonds is 4. The van der Waals surface area contributed by atoms with E-state index in [2.05, 4.69) is 44.1 Å². The van der Waals surface area contributed by atoms with Crippen molar-refractivity contribution in [2.75, 3.05) is 18.8 Å². The molecule has 0 aliphatic carbocycles. The number of pyridine rings is 2. The zero-order valence-electron chi connectivity index (χ0n) is 15.5. The van der Waals surface area contributed by atoms with Gasteiger partial charge in [-0.2, -0.15) is 0 Å². The third kappa shape index (κ3) is 3.23. The summed E-state index contributed by atoms with van der Waals surface area (Å²) in [4.78, 5) is 15.5. The number of benzene rings is 1. The Morgan fingerprint density at radius 3 is 2.79 bits per heavy atom. The second kappa shape index (κ2) is 7.05. The molecule has 0 radical (unpaired) electrons. The number of anilines is 1. The van der Waals surface area contributed by atoms with E-state index in [0.717, 1.165) is 23.2 Å². The molecule has 0 unspecified atom stereocenters. The Kier molecular flexibility index (Phi) is 4.25. The van der Waals surface area contributed by atoms with Crippen molar-refractivity contribution in [2.45, 2.75) is 19.4 Å². The van der Waals surface area contributed by atoms with E-state index < -0.39 is 0 Å². The average Bonchev–Trinajstić information content (AvgIpc) is 3.38. The van der Waals surface area contributed by atoms with Gasteiger partial charge in [0.05, 0.1) is 11.8 Å². The molecular weight excluding hydrogens is 350 g/mol. The van der Waals surface area contributed by atoms with Crippen molar-refractivity contribution in [2.24, 2.45) is 0 Å². The minimum absolute atomic E-state index is 0.400. The second-order valence-electron chi connectivity index (χ2n) is 7.20. The zero-order chi connectivity index (χ0) is 18.9. The number of hydrogen-bond donors (Lipinski definition) is 1. The summed E-state index contributed by atoms with van der Waals surface area (Å²) in [5.41, 5.74) is 11.6. The first kappa shape index (κ1) is 16.9. The van der Waals surface area contributed by atoms with Crippen molar-refractivity contribution < 1.29 is 4.42 Å². The highest BCUT2D eigenvalue weighted by Crippen LogP contribution is 2.31. The Balaban J connectivity index is 1.50. The topological polar surface area (TPSA) is 81.1 Å². The Morgan fingerprint density at radius 2 is 1.93 bits per heavy atom. The summed E-state index contributed by atoms with van der Waals surface area (Å²) in [6, 6.07) is 12.4. The molecule has 0 atom stereocenters. The summed E-state index contributed by atoms with van der Waals surface area (Å²) < 4.78 is 5.84. The van der Waals surface area contributed by atoms with Crippen molar-refractivity contribution in [3.63, 3.8) is 0 Å². The van der Waals surface area contributed by atoms with Gasteiger partial charge in [0.15, 0.2) is 5.58 Å². The Labute approximate surface area is 163 Å². The molecule has 1 aliphatic rings. The maximum atomic E-state index is 6.13. The zero-order valence-corrected chi connectivity index (χ0v) is 15.5. The molecule has 1 saturated heterocycles. The standard InChI is InChI=1S/C22H21N5O/c23-21-18(22-26-19-6-7-24-13-20(19)28-22)11-17(12-25-21)16-5-3-4-15(10-16)14-27-8-1-2-9-27/h3-7,10-13H,1-2,8-9,14H2,(H2,23,25). The van der Waals surface area contributed by atoms with Gasteiger partial charge < -0.3 is 10.2 Å². The first-order valence-corrected chi connectivity index (χ1v) is 9.54. The molecular formula is C22H21N5O. The number of nitrogens with two attached hydrogens (primary N) is 1. The largest absolute Gasteiger partial charge is 0.434 e. The average molecular weight is 371 g/mol. The molecule has 0 saturated carbocycles. The van der Waals surface area contributed by atoms with Gasteiger partial charge >= 0.3 is 0 Å². The minimum atomic E-state index is 0.400. The lowest BCUT2D eigenvalue weighted by Gasteiger charge is -2.15. The van der Waals surface area contributed by atoms with Crippen molar-refractivity contribution >= 4 is 16.9 Å². The monoisotopic (exact) mass is 371 g/mol. The van der Waals surface area contributed by atoms with Crippen LogP contribution in [-0.4, -0.2) is 32.9 Å². The molecule has 6 nitrogen and oxygen atoms in total. The Morgan fingerprint density at radius 1 is 1.04 bits per heavy atom. The lowest BCUT2D eigenvalue weighted by atomic mass is 10.0. The summed E-state index contributed by atoms with van der Waals surface area (Å²) in [5, 5.41) is 0. The number of likely N-dealkylation sites (tertiary alicyclic amines) is 1. The highest BCUT2D eigenvalue weighted by molar-refractivity contribution is 5.80. The van der Waals surface area contributed by atoms with E-state index in [0.29, 0.717) is 22.9 Å². The van der Waals surface area contributed by atoms with E-state index in [-0.39, 0.29) is 0 Å².